The van der Waals surface area contributed by atoms with Crippen molar-refractivity contribution >= 4 is 0 Å². The van der Waals surface area contributed by atoms with Gasteiger partial charge in [-0.3, -0.25) is 0 Å². The lowest BCUT2D eigenvalue weighted by Gasteiger charge is -2.27. The number of hydrogen-bond acceptors (Lipinski definition) is 1. The smallest absolute Gasteiger partial charge is 0.115 e. The highest BCUT2D eigenvalue weighted by Crippen LogP contribution is 2.31. The molecule has 1 aliphatic carbocycles. The van der Waals surface area contributed by atoms with Gasteiger partial charge in [-0.2, -0.15) is 0 Å². The second kappa shape index (κ2) is 3.06. The summed E-state index contributed by atoms with van der Waals surface area (Å²) in [7, 11) is 0. The summed E-state index contributed by atoms with van der Waals surface area (Å²) in [5, 5.41) is 9.34. The molecule has 1 heteroatoms. The molecule has 0 aliphatic heterocycles. The van der Waals surface area contributed by atoms with Crippen LogP contribution in [0.3, 0.4) is 0 Å². The lowest BCUT2D eigenvalue weighted by atomic mass is 9.78. The maximum absolute atomic E-state index is 9.34. The first-order valence-corrected chi connectivity index (χ1v) is 4.97. The normalized spacial score (nSPS) is 26.9. The number of hydrogen-bond donors (Lipinski definition) is 1. The first-order chi connectivity index (χ1) is 6.16. The molecule has 1 aromatic rings. The van der Waals surface area contributed by atoms with E-state index in [1.807, 2.05) is 6.07 Å². The molecule has 13 heavy (non-hydrogen) atoms. The molecule has 2 atom stereocenters. The number of phenols is 1. The Hall–Kier alpha value is -0.980. The van der Waals surface area contributed by atoms with Crippen LogP contribution in [0, 0.1) is 11.8 Å². The van der Waals surface area contributed by atoms with Gasteiger partial charge in [0.1, 0.15) is 5.75 Å². The van der Waals surface area contributed by atoms with Crippen LogP contribution in [0.1, 0.15) is 25.0 Å². The molecule has 70 valence electrons. The fourth-order valence-electron chi connectivity index (χ4n) is 2.10. The summed E-state index contributed by atoms with van der Waals surface area (Å²) in [6.45, 7) is 4.60. The zero-order valence-electron chi connectivity index (χ0n) is 8.25. The molecule has 0 saturated heterocycles. The van der Waals surface area contributed by atoms with Crippen LogP contribution in [0.25, 0.3) is 0 Å². The fraction of sp³-hybridized carbons (Fsp3) is 0.500. The van der Waals surface area contributed by atoms with Gasteiger partial charge < -0.3 is 5.11 Å². The molecule has 0 heterocycles. The van der Waals surface area contributed by atoms with Crippen molar-refractivity contribution in [3.63, 3.8) is 0 Å². The van der Waals surface area contributed by atoms with E-state index in [1.54, 1.807) is 6.07 Å². The van der Waals surface area contributed by atoms with Gasteiger partial charge in [-0.05, 0) is 47.9 Å². The molecule has 0 spiro atoms. The van der Waals surface area contributed by atoms with Gasteiger partial charge >= 0.3 is 0 Å². The monoisotopic (exact) mass is 176 g/mol. The van der Waals surface area contributed by atoms with E-state index in [-0.39, 0.29) is 0 Å². The van der Waals surface area contributed by atoms with Crippen LogP contribution in [-0.4, -0.2) is 5.11 Å². The molecule has 0 saturated carbocycles. The molecule has 0 amide bonds. The predicted molar refractivity (Wildman–Crippen MR) is 53.8 cm³/mol. The van der Waals surface area contributed by atoms with Crippen LogP contribution in [-0.2, 0) is 12.8 Å². The topological polar surface area (TPSA) is 20.2 Å². The Labute approximate surface area is 79.4 Å². The summed E-state index contributed by atoms with van der Waals surface area (Å²) < 4.78 is 0. The van der Waals surface area contributed by atoms with Crippen molar-refractivity contribution in [2.24, 2.45) is 11.8 Å². The number of benzene rings is 1. The molecular weight excluding hydrogens is 160 g/mol. The van der Waals surface area contributed by atoms with E-state index in [0.717, 1.165) is 24.7 Å². The molecule has 0 unspecified atom stereocenters. The van der Waals surface area contributed by atoms with Crippen molar-refractivity contribution in [3.8, 4) is 5.75 Å². The molecule has 1 nitrogen and oxygen atoms in total. The highest BCUT2D eigenvalue weighted by Gasteiger charge is 2.21. The molecule has 1 aliphatic rings. The van der Waals surface area contributed by atoms with Gasteiger partial charge in [0.2, 0.25) is 0 Å². The third kappa shape index (κ3) is 1.55. The van der Waals surface area contributed by atoms with E-state index in [2.05, 4.69) is 19.9 Å². The van der Waals surface area contributed by atoms with Crippen molar-refractivity contribution in [2.45, 2.75) is 26.7 Å². The lowest BCUT2D eigenvalue weighted by Crippen LogP contribution is -2.20. The van der Waals surface area contributed by atoms with Crippen molar-refractivity contribution in [1.29, 1.82) is 0 Å². The molecular formula is C12H16O. The van der Waals surface area contributed by atoms with Gasteiger partial charge in [0.05, 0.1) is 0 Å². The van der Waals surface area contributed by atoms with Crippen LogP contribution in [0.15, 0.2) is 18.2 Å². The molecule has 0 fully saturated rings. The summed E-state index contributed by atoms with van der Waals surface area (Å²) in [5.74, 6) is 1.92. The first-order valence-electron chi connectivity index (χ1n) is 4.97. The predicted octanol–water partition coefficient (Wildman–Crippen LogP) is 2.76. The third-order valence-electron chi connectivity index (χ3n) is 3.25. The van der Waals surface area contributed by atoms with Crippen molar-refractivity contribution in [2.75, 3.05) is 0 Å². The van der Waals surface area contributed by atoms with Crippen molar-refractivity contribution in [3.05, 3.63) is 29.3 Å². The van der Waals surface area contributed by atoms with Crippen molar-refractivity contribution < 1.29 is 5.11 Å². The number of aromatic hydroxyl groups is 1. The highest BCUT2D eigenvalue weighted by atomic mass is 16.3. The van der Waals surface area contributed by atoms with E-state index < -0.39 is 0 Å². The Balaban J connectivity index is 2.37. The second-order valence-electron chi connectivity index (χ2n) is 4.32. The largest absolute Gasteiger partial charge is 0.508 e. The van der Waals surface area contributed by atoms with Crippen LogP contribution in [0.4, 0.5) is 0 Å². The number of rotatable bonds is 0. The van der Waals surface area contributed by atoms with E-state index >= 15 is 0 Å². The van der Waals surface area contributed by atoms with Crippen LogP contribution in [0.5, 0.6) is 5.75 Å². The molecule has 2 rings (SSSR count). The Morgan fingerprint density at radius 3 is 2.38 bits per heavy atom. The standard InChI is InChI=1S/C12H16O/c1-8-5-10-3-4-12(13)7-11(10)6-9(8)2/h3-4,7-9,13H,5-6H2,1-2H3/t8-,9+/m1/s1. The molecule has 1 aromatic carbocycles. The van der Waals surface area contributed by atoms with E-state index in [0.29, 0.717) is 5.75 Å². The van der Waals surface area contributed by atoms with Gasteiger partial charge in [-0.25, -0.2) is 0 Å². The van der Waals surface area contributed by atoms with Gasteiger partial charge in [-0.15, -0.1) is 0 Å². The summed E-state index contributed by atoms with van der Waals surface area (Å²) in [4.78, 5) is 0. The zero-order valence-corrected chi connectivity index (χ0v) is 8.25. The minimum atomic E-state index is 0.403. The second-order valence-corrected chi connectivity index (χ2v) is 4.32. The maximum Gasteiger partial charge on any atom is 0.115 e. The Morgan fingerprint density at radius 1 is 1.08 bits per heavy atom. The average Bonchev–Trinajstić information content (AvgIpc) is 2.08. The SMILES string of the molecule is C[C@@H]1Cc2ccc(O)cc2C[C@@H]1C. The zero-order chi connectivity index (χ0) is 9.42. The van der Waals surface area contributed by atoms with Gasteiger partial charge in [0.25, 0.3) is 0 Å². The average molecular weight is 176 g/mol. The molecule has 0 bridgehead atoms. The molecule has 0 aromatic heterocycles. The van der Waals surface area contributed by atoms with E-state index in [4.69, 9.17) is 0 Å². The summed E-state index contributed by atoms with van der Waals surface area (Å²) in [6.07, 6.45) is 2.28. The number of phenolic OH excluding ortho intramolecular Hbond substituents is 1. The molecule has 0 radical (unpaired) electrons. The van der Waals surface area contributed by atoms with Crippen molar-refractivity contribution in [1.82, 2.24) is 0 Å². The quantitative estimate of drug-likeness (QED) is 0.644. The fourth-order valence-corrected chi connectivity index (χ4v) is 2.10. The van der Waals surface area contributed by atoms with E-state index in [9.17, 15) is 5.11 Å². The minimum absolute atomic E-state index is 0.403. The third-order valence-corrected chi connectivity index (χ3v) is 3.25. The minimum Gasteiger partial charge on any atom is -0.508 e. The Bertz CT molecular complexity index is 317. The number of fused-ring (bicyclic) bond motifs is 1. The van der Waals surface area contributed by atoms with Gasteiger partial charge in [-0.1, -0.05) is 19.9 Å². The Morgan fingerprint density at radius 2 is 1.69 bits per heavy atom. The lowest BCUT2D eigenvalue weighted by molar-refractivity contribution is 0.359. The van der Waals surface area contributed by atoms with Crippen LogP contribution < -0.4 is 0 Å². The summed E-state index contributed by atoms with van der Waals surface area (Å²) in [5.41, 5.74) is 2.76. The Kier molecular flexibility index (Phi) is 2.03. The first kappa shape index (κ1) is 8.61. The summed E-state index contributed by atoms with van der Waals surface area (Å²) >= 11 is 0. The molecule has 1 N–H and O–H groups in total. The van der Waals surface area contributed by atoms with E-state index in [1.165, 1.54) is 11.1 Å². The highest BCUT2D eigenvalue weighted by molar-refractivity contribution is 5.36. The van der Waals surface area contributed by atoms with Crippen LogP contribution >= 0.6 is 0 Å². The maximum atomic E-state index is 9.34. The van der Waals surface area contributed by atoms with Gasteiger partial charge in [0.15, 0.2) is 0 Å². The summed E-state index contributed by atoms with van der Waals surface area (Å²) in [6, 6.07) is 5.77. The van der Waals surface area contributed by atoms with Gasteiger partial charge in [0, 0.05) is 0 Å². The van der Waals surface area contributed by atoms with Crippen LogP contribution in [0.2, 0.25) is 0 Å².